The molecule has 160 valence electrons. The van der Waals surface area contributed by atoms with Crippen molar-refractivity contribution in [3.63, 3.8) is 0 Å². The molecule has 2 heterocycles. The predicted molar refractivity (Wildman–Crippen MR) is 117 cm³/mol. The van der Waals surface area contributed by atoms with Crippen molar-refractivity contribution < 1.29 is 17.5 Å². The van der Waals surface area contributed by atoms with Gasteiger partial charge in [0.05, 0.1) is 22.5 Å². The van der Waals surface area contributed by atoms with Gasteiger partial charge in [0.2, 0.25) is 0 Å². The summed E-state index contributed by atoms with van der Waals surface area (Å²) in [5, 5.41) is 4.52. The number of ether oxygens (including phenoxy) is 1. The highest BCUT2D eigenvalue weighted by atomic mass is 32.2. The third-order valence-electron chi connectivity index (χ3n) is 6.62. The lowest BCUT2D eigenvalue weighted by molar-refractivity contribution is 0.271. The smallest absolute Gasteiger partial charge is 0.176 e. The Bertz CT molecular complexity index is 1480. The van der Waals surface area contributed by atoms with E-state index in [-0.39, 0.29) is 10.7 Å². The summed E-state index contributed by atoms with van der Waals surface area (Å²) in [5.41, 5.74) is 3.45. The molecule has 6 rings (SSSR count). The van der Waals surface area contributed by atoms with Gasteiger partial charge >= 0.3 is 0 Å². The van der Waals surface area contributed by atoms with Gasteiger partial charge < -0.3 is 4.74 Å². The molecule has 2 unspecified atom stereocenters. The Kier molecular flexibility index (Phi) is 3.90. The summed E-state index contributed by atoms with van der Waals surface area (Å²) in [6.45, 7) is 0. The van der Waals surface area contributed by atoms with Crippen LogP contribution in [0.5, 0.6) is 0 Å². The van der Waals surface area contributed by atoms with Crippen LogP contribution in [0, 0.1) is 17.7 Å². The lowest BCUT2D eigenvalue weighted by Crippen LogP contribution is -2.25. The number of nitrogens with zero attached hydrogens (tertiary/aromatic N) is 2. The largest absolute Gasteiger partial charge is 0.344 e. The fourth-order valence-electron chi connectivity index (χ4n) is 5.00. The molecule has 2 aromatic carbocycles. The molecule has 0 amide bonds. The summed E-state index contributed by atoms with van der Waals surface area (Å²) in [6, 6.07) is 13.1. The second-order valence-electron chi connectivity index (χ2n) is 8.56. The average Bonchev–Trinajstić information content (AvgIpc) is 3.04. The average molecular weight is 447 g/mol. The molecule has 1 aliphatic heterocycles. The molecule has 3 aromatic rings. The van der Waals surface area contributed by atoms with Crippen LogP contribution in [-0.4, -0.2) is 35.7 Å². The van der Waals surface area contributed by atoms with Gasteiger partial charge in [-0.25, -0.2) is 17.5 Å². The first-order chi connectivity index (χ1) is 15.3. The van der Waals surface area contributed by atoms with Crippen molar-refractivity contribution in [2.24, 2.45) is 0 Å². The van der Waals surface area contributed by atoms with E-state index in [4.69, 9.17) is 4.74 Å². The van der Waals surface area contributed by atoms with Gasteiger partial charge in [-0.1, -0.05) is 24.0 Å². The minimum atomic E-state index is -3.37. The molecule has 7 heteroatoms. The molecule has 1 saturated carbocycles. The van der Waals surface area contributed by atoms with Crippen LogP contribution < -0.4 is 0 Å². The van der Waals surface area contributed by atoms with Gasteiger partial charge in [0, 0.05) is 23.8 Å². The first-order valence-electron chi connectivity index (χ1n) is 10.4. The molecule has 2 aliphatic carbocycles. The minimum absolute atomic E-state index is 0.235. The molecule has 2 fully saturated rings. The number of aromatic nitrogens is 2. The summed E-state index contributed by atoms with van der Waals surface area (Å²) in [6.07, 6.45) is 7.43. The Labute approximate surface area is 185 Å². The molecule has 5 nitrogen and oxygen atoms in total. The quantitative estimate of drug-likeness (QED) is 0.445. The van der Waals surface area contributed by atoms with Crippen LogP contribution in [0.1, 0.15) is 29.7 Å². The minimum Gasteiger partial charge on any atom is -0.344 e. The highest BCUT2D eigenvalue weighted by Crippen LogP contribution is 2.65. The normalized spacial score (nSPS) is 25.1. The monoisotopic (exact) mass is 446 g/mol. The fourth-order valence-corrected chi connectivity index (χ4v) is 5.84. The van der Waals surface area contributed by atoms with Gasteiger partial charge in [-0.3, -0.25) is 0 Å². The van der Waals surface area contributed by atoms with Crippen molar-refractivity contribution in [3.8, 4) is 17.5 Å². The standard InChI is InChI=1S/C25H19FN2O3S/c1-32(29,30)23-5-3-2-4-17(23)10-12-24-13-11-19-14-22-18(15-25(19,24)31-24)16-27-28(22)21-8-6-20(26)7-9-21/h2-9,14,16H,11,13,15H2,1H3. The van der Waals surface area contributed by atoms with Gasteiger partial charge in [0.15, 0.2) is 15.4 Å². The maximum Gasteiger partial charge on any atom is 0.176 e. The van der Waals surface area contributed by atoms with E-state index < -0.39 is 21.0 Å². The fraction of sp³-hybridized carbons (Fsp3) is 0.240. The number of sulfone groups is 1. The van der Waals surface area contributed by atoms with E-state index in [1.54, 1.807) is 36.4 Å². The first-order valence-corrected chi connectivity index (χ1v) is 12.3. The van der Waals surface area contributed by atoms with Crippen molar-refractivity contribution in [2.45, 2.75) is 35.4 Å². The number of hydrogen-bond acceptors (Lipinski definition) is 4. The van der Waals surface area contributed by atoms with Gasteiger partial charge in [-0.2, -0.15) is 5.10 Å². The van der Waals surface area contributed by atoms with Crippen LogP contribution in [0.25, 0.3) is 11.8 Å². The topological polar surface area (TPSA) is 64.5 Å². The number of halogens is 1. The Morgan fingerprint density at radius 1 is 1.16 bits per heavy atom. The van der Waals surface area contributed by atoms with Gasteiger partial charge in [0.1, 0.15) is 11.4 Å². The number of hydrogen-bond donors (Lipinski definition) is 0. The van der Waals surface area contributed by atoms with Crippen LogP contribution >= 0.6 is 0 Å². The van der Waals surface area contributed by atoms with Gasteiger partial charge in [0.25, 0.3) is 0 Å². The van der Waals surface area contributed by atoms with Crippen molar-refractivity contribution in [3.05, 3.63) is 82.9 Å². The van der Waals surface area contributed by atoms with Crippen LogP contribution in [-0.2, 0) is 21.0 Å². The van der Waals surface area contributed by atoms with Crippen LogP contribution in [0.4, 0.5) is 4.39 Å². The third kappa shape index (κ3) is 2.73. The van der Waals surface area contributed by atoms with E-state index in [0.29, 0.717) is 12.0 Å². The van der Waals surface area contributed by atoms with Crippen LogP contribution in [0.3, 0.4) is 0 Å². The van der Waals surface area contributed by atoms with Gasteiger partial charge in [-0.05, 0) is 60.9 Å². The van der Waals surface area contributed by atoms with Gasteiger partial charge in [-0.15, -0.1) is 0 Å². The van der Waals surface area contributed by atoms with E-state index in [0.717, 1.165) is 29.8 Å². The SMILES string of the molecule is CS(=O)(=O)c1ccccc1C#CC12CCC3=Cc4c(cnn4-c4ccc(F)cc4)CC31O2. The predicted octanol–water partition coefficient (Wildman–Crippen LogP) is 3.71. The second-order valence-corrected chi connectivity index (χ2v) is 10.5. The molecule has 1 saturated heterocycles. The Hall–Kier alpha value is -3.21. The number of epoxide rings is 1. The Balaban J connectivity index is 1.36. The molecule has 3 aliphatic rings. The van der Waals surface area contributed by atoms with Crippen molar-refractivity contribution in [2.75, 3.05) is 6.26 Å². The summed E-state index contributed by atoms with van der Waals surface area (Å²) in [4.78, 5) is 0.235. The van der Waals surface area contributed by atoms with Crippen molar-refractivity contribution >= 4 is 15.9 Å². The van der Waals surface area contributed by atoms with E-state index in [1.807, 2.05) is 10.9 Å². The summed E-state index contributed by atoms with van der Waals surface area (Å²) >= 11 is 0. The maximum atomic E-state index is 13.3. The molecular formula is C25H19FN2O3S. The van der Waals surface area contributed by atoms with E-state index in [2.05, 4.69) is 23.0 Å². The summed E-state index contributed by atoms with van der Waals surface area (Å²) in [5.74, 6) is 6.09. The molecule has 1 aromatic heterocycles. The lowest BCUT2D eigenvalue weighted by Gasteiger charge is -2.19. The molecule has 1 spiro atoms. The highest BCUT2D eigenvalue weighted by molar-refractivity contribution is 7.90. The molecule has 32 heavy (non-hydrogen) atoms. The zero-order chi connectivity index (χ0) is 22.1. The number of fused-ring (bicyclic) bond motifs is 1. The summed E-state index contributed by atoms with van der Waals surface area (Å²) in [7, 11) is -3.37. The molecule has 0 N–H and O–H groups in total. The second kappa shape index (κ2) is 6.41. The van der Waals surface area contributed by atoms with E-state index in [1.165, 1.54) is 24.0 Å². The maximum absolute atomic E-state index is 13.3. The van der Waals surface area contributed by atoms with Crippen LogP contribution in [0.15, 0.2) is 65.2 Å². The Morgan fingerprint density at radius 3 is 2.72 bits per heavy atom. The number of rotatable bonds is 2. The third-order valence-corrected chi connectivity index (χ3v) is 7.77. The lowest BCUT2D eigenvalue weighted by atomic mass is 9.83. The molecular weight excluding hydrogens is 427 g/mol. The summed E-state index contributed by atoms with van der Waals surface area (Å²) < 4.78 is 45.6. The molecule has 2 atom stereocenters. The zero-order valence-corrected chi connectivity index (χ0v) is 18.1. The number of benzene rings is 2. The first kappa shape index (κ1) is 19.5. The highest BCUT2D eigenvalue weighted by Gasteiger charge is 2.75. The van der Waals surface area contributed by atoms with Crippen molar-refractivity contribution in [1.29, 1.82) is 0 Å². The zero-order valence-electron chi connectivity index (χ0n) is 17.3. The van der Waals surface area contributed by atoms with Crippen molar-refractivity contribution in [1.82, 2.24) is 9.78 Å². The van der Waals surface area contributed by atoms with E-state index in [9.17, 15) is 12.8 Å². The molecule has 0 radical (unpaired) electrons. The van der Waals surface area contributed by atoms with Crippen LogP contribution in [0.2, 0.25) is 0 Å². The molecule has 0 bridgehead atoms. The Morgan fingerprint density at radius 2 is 1.94 bits per heavy atom. The van der Waals surface area contributed by atoms with E-state index >= 15 is 0 Å².